The minimum absolute atomic E-state index is 0.0941. The predicted octanol–water partition coefficient (Wildman–Crippen LogP) is 3.79. The molecule has 1 aromatic heterocycles. The minimum atomic E-state index is -0.124. The van der Waals surface area contributed by atoms with E-state index in [9.17, 15) is 4.79 Å². The molecule has 0 radical (unpaired) electrons. The lowest BCUT2D eigenvalue weighted by Crippen LogP contribution is -2.39. The van der Waals surface area contributed by atoms with Crippen LogP contribution in [0.5, 0.6) is 0 Å². The maximum absolute atomic E-state index is 12.0. The molecule has 20 heavy (non-hydrogen) atoms. The number of carbonyl (C=O) groups excluding carboxylic acids is 1. The summed E-state index contributed by atoms with van der Waals surface area (Å²) < 4.78 is 0. The van der Waals surface area contributed by atoms with Crippen molar-refractivity contribution in [1.29, 1.82) is 0 Å². The van der Waals surface area contributed by atoms with E-state index < -0.39 is 0 Å². The lowest BCUT2D eigenvalue weighted by molar-refractivity contribution is 0.237. The molecule has 1 atom stereocenters. The number of thiophene rings is 1. The number of hydrogen-bond donors (Lipinski definition) is 2. The van der Waals surface area contributed by atoms with Crippen LogP contribution in [-0.4, -0.2) is 12.6 Å². The fraction of sp³-hybridized carbons (Fsp3) is 0.312. The summed E-state index contributed by atoms with van der Waals surface area (Å²) in [4.78, 5) is 13.1. The maximum Gasteiger partial charge on any atom is 0.315 e. The molecule has 1 heterocycles. The van der Waals surface area contributed by atoms with Crippen LogP contribution in [0.2, 0.25) is 0 Å². The van der Waals surface area contributed by atoms with Gasteiger partial charge in [-0.15, -0.1) is 11.3 Å². The van der Waals surface area contributed by atoms with Gasteiger partial charge in [-0.25, -0.2) is 4.79 Å². The Kier molecular flexibility index (Phi) is 5.18. The molecule has 2 amide bonds. The summed E-state index contributed by atoms with van der Waals surface area (Å²) in [6.45, 7) is 4.83. The van der Waals surface area contributed by atoms with Gasteiger partial charge in [-0.2, -0.15) is 0 Å². The van der Waals surface area contributed by atoms with E-state index in [4.69, 9.17) is 0 Å². The SMILES string of the molecule is CC(C)CNC(=O)N[C@H](c1ccccc1)c1cccs1. The van der Waals surface area contributed by atoms with E-state index in [1.807, 2.05) is 47.8 Å². The van der Waals surface area contributed by atoms with Crippen molar-refractivity contribution in [3.8, 4) is 0 Å². The Morgan fingerprint density at radius 1 is 1.15 bits per heavy atom. The highest BCUT2D eigenvalue weighted by atomic mass is 32.1. The van der Waals surface area contributed by atoms with Crippen molar-refractivity contribution in [3.63, 3.8) is 0 Å². The molecule has 2 aromatic rings. The zero-order valence-corrected chi connectivity index (χ0v) is 12.6. The van der Waals surface area contributed by atoms with Gasteiger partial charge in [-0.05, 0) is 22.9 Å². The third-order valence-electron chi connectivity index (χ3n) is 2.91. The fourth-order valence-electron chi connectivity index (χ4n) is 1.90. The Labute approximate surface area is 124 Å². The quantitative estimate of drug-likeness (QED) is 0.863. The molecule has 0 spiro atoms. The van der Waals surface area contributed by atoms with Crippen LogP contribution >= 0.6 is 11.3 Å². The molecular formula is C16H20N2OS. The molecule has 0 unspecified atom stereocenters. The van der Waals surface area contributed by atoms with Gasteiger partial charge in [-0.3, -0.25) is 0 Å². The highest BCUT2D eigenvalue weighted by Gasteiger charge is 2.17. The summed E-state index contributed by atoms with van der Waals surface area (Å²) >= 11 is 1.65. The van der Waals surface area contributed by atoms with Crippen LogP contribution < -0.4 is 10.6 Å². The molecule has 0 aliphatic heterocycles. The van der Waals surface area contributed by atoms with Gasteiger partial charge in [0.25, 0.3) is 0 Å². The summed E-state index contributed by atoms with van der Waals surface area (Å²) in [7, 11) is 0. The number of rotatable bonds is 5. The number of urea groups is 1. The standard InChI is InChI=1S/C16H20N2OS/c1-12(2)11-17-16(19)18-15(14-9-6-10-20-14)13-7-4-3-5-8-13/h3-10,12,15H,11H2,1-2H3,(H2,17,18,19)/t15-/m1/s1. The van der Waals surface area contributed by atoms with Crippen LogP contribution in [0.1, 0.15) is 30.3 Å². The van der Waals surface area contributed by atoms with Gasteiger partial charge in [-0.1, -0.05) is 50.2 Å². The van der Waals surface area contributed by atoms with Crippen LogP contribution in [0.4, 0.5) is 4.79 Å². The molecule has 0 aliphatic rings. The molecule has 4 heteroatoms. The van der Waals surface area contributed by atoms with Crippen molar-refractivity contribution >= 4 is 17.4 Å². The summed E-state index contributed by atoms with van der Waals surface area (Å²) in [5, 5.41) is 7.98. The molecular weight excluding hydrogens is 268 g/mol. The van der Waals surface area contributed by atoms with E-state index in [0.717, 1.165) is 10.4 Å². The summed E-state index contributed by atoms with van der Waals surface area (Å²) in [6, 6.07) is 13.9. The van der Waals surface area contributed by atoms with Crippen LogP contribution in [-0.2, 0) is 0 Å². The lowest BCUT2D eigenvalue weighted by Gasteiger charge is -2.19. The first-order valence-corrected chi connectivity index (χ1v) is 7.67. The molecule has 0 saturated heterocycles. The first-order chi connectivity index (χ1) is 9.66. The van der Waals surface area contributed by atoms with Gasteiger partial charge in [0.15, 0.2) is 0 Å². The van der Waals surface area contributed by atoms with E-state index in [1.165, 1.54) is 0 Å². The number of carbonyl (C=O) groups is 1. The first kappa shape index (κ1) is 14.6. The van der Waals surface area contributed by atoms with Crippen molar-refractivity contribution < 1.29 is 4.79 Å². The normalized spacial score (nSPS) is 12.2. The van der Waals surface area contributed by atoms with Crippen molar-refractivity contribution in [2.24, 2.45) is 5.92 Å². The molecule has 0 bridgehead atoms. The van der Waals surface area contributed by atoms with Gasteiger partial charge >= 0.3 is 6.03 Å². The largest absolute Gasteiger partial charge is 0.338 e. The number of amides is 2. The topological polar surface area (TPSA) is 41.1 Å². The average Bonchev–Trinajstić information content (AvgIpc) is 2.97. The Bertz CT molecular complexity index is 523. The second kappa shape index (κ2) is 7.10. The van der Waals surface area contributed by atoms with Gasteiger partial charge in [0.05, 0.1) is 6.04 Å². The molecule has 0 saturated carbocycles. The van der Waals surface area contributed by atoms with E-state index in [-0.39, 0.29) is 12.1 Å². The molecule has 0 aliphatic carbocycles. The second-order valence-corrected chi connectivity index (χ2v) is 6.09. The van der Waals surface area contributed by atoms with Gasteiger partial charge < -0.3 is 10.6 Å². The smallest absolute Gasteiger partial charge is 0.315 e. The van der Waals surface area contributed by atoms with Crippen molar-refractivity contribution in [2.45, 2.75) is 19.9 Å². The van der Waals surface area contributed by atoms with Crippen LogP contribution in [0, 0.1) is 5.92 Å². The van der Waals surface area contributed by atoms with Crippen molar-refractivity contribution in [1.82, 2.24) is 10.6 Å². The number of benzene rings is 1. The van der Waals surface area contributed by atoms with Crippen molar-refractivity contribution in [2.75, 3.05) is 6.54 Å². The Morgan fingerprint density at radius 3 is 2.50 bits per heavy atom. The Hall–Kier alpha value is -1.81. The molecule has 3 nitrogen and oxygen atoms in total. The van der Waals surface area contributed by atoms with E-state index in [1.54, 1.807) is 11.3 Å². The van der Waals surface area contributed by atoms with E-state index >= 15 is 0 Å². The fourth-order valence-corrected chi connectivity index (χ4v) is 2.70. The van der Waals surface area contributed by atoms with Gasteiger partial charge in [0.2, 0.25) is 0 Å². The predicted molar refractivity (Wildman–Crippen MR) is 84.0 cm³/mol. The Balaban J connectivity index is 2.10. The summed E-state index contributed by atoms with van der Waals surface area (Å²) in [5.41, 5.74) is 1.09. The monoisotopic (exact) mass is 288 g/mol. The number of hydrogen-bond acceptors (Lipinski definition) is 2. The van der Waals surface area contributed by atoms with Crippen LogP contribution in [0.15, 0.2) is 47.8 Å². The molecule has 0 fully saturated rings. The number of nitrogens with one attached hydrogen (secondary N) is 2. The Morgan fingerprint density at radius 2 is 1.90 bits per heavy atom. The van der Waals surface area contributed by atoms with Crippen LogP contribution in [0.3, 0.4) is 0 Å². The zero-order chi connectivity index (χ0) is 14.4. The zero-order valence-electron chi connectivity index (χ0n) is 11.8. The van der Waals surface area contributed by atoms with E-state index in [2.05, 4.69) is 24.5 Å². The van der Waals surface area contributed by atoms with Gasteiger partial charge in [0, 0.05) is 11.4 Å². The average molecular weight is 288 g/mol. The first-order valence-electron chi connectivity index (χ1n) is 6.79. The maximum atomic E-state index is 12.0. The van der Waals surface area contributed by atoms with Crippen molar-refractivity contribution in [3.05, 3.63) is 58.3 Å². The highest BCUT2D eigenvalue weighted by molar-refractivity contribution is 7.10. The highest BCUT2D eigenvalue weighted by Crippen LogP contribution is 2.25. The summed E-state index contributed by atoms with van der Waals surface area (Å²) in [6.07, 6.45) is 0. The van der Waals surface area contributed by atoms with Gasteiger partial charge in [0.1, 0.15) is 0 Å². The molecule has 1 aromatic carbocycles. The molecule has 106 valence electrons. The molecule has 2 rings (SSSR count). The third kappa shape index (κ3) is 4.10. The van der Waals surface area contributed by atoms with E-state index in [0.29, 0.717) is 12.5 Å². The second-order valence-electron chi connectivity index (χ2n) is 5.11. The lowest BCUT2D eigenvalue weighted by atomic mass is 10.1. The minimum Gasteiger partial charge on any atom is -0.338 e. The summed E-state index contributed by atoms with van der Waals surface area (Å²) in [5.74, 6) is 0.442. The van der Waals surface area contributed by atoms with Crippen LogP contribution in [0.25, 0.3) is 0 Å². The third-order valence-corrected chi connectivity index (χ3v) is 3.84. The molecule has 2 N–H and O–H groups in total.